The molecule has 7 nitrogen and oxygen atoms in total. The second-order valence-electron chi connectivity index (χ2n) is 5.67. The molecule has 0 spiro atoms. The van der Waals surface area contributed by atoms with Gasteiger partial charge >= 0.3 is 0 Å². The first-order chi connectivity index (χ1) is 12.7. The van der Waals surface area contributed by atoms with Gasteiger partial charge in [0.1, 0.15) is 13.2 Å². The number of nitrogens with zero attached hydrogens (tertiary/aromatic N) is 1. The third-order valence-corrected chi connectivity index (χ3v) is 4.54. The first-order valence-electron chi connectivity index (χ1n) is 7.98. The van der Waals surface area contributed by atoms with E-state index in [2.05, 4.69) is 26.5 Å². The Morgan fingerprint density at radius 3 is 2.62 bits per heavy atom. The average Bonchev–Trinajstić information content (AvgIpc) is 3.09. The van der Waals surface area contributed by atoms with Crippen molar-refractivity contribution in [2.24, 2.45) is 5.10 Å². The standard InChI is InChI=1S/C18H15BrN2O5/c19-13-8-17-16(25-10-26-17)7-12(13)9-20-21-18(22)6-11-1-2-14-15(5-11)24-4-3-23-14/h1-2,5,7-9H,3-4,6,10H2,(H,21,22)/b20-9-. The molecule has 0 fully saturated rings. The number of fused-ring (bicyclic) bond motifs is 2. The molecular formula is C18H15BrN2O5. The van der Waals surface area contributed by atoms with Gasteiger partial charge in [0, 0.05) is 10.0 Å². The van der Waals surface area contributed by atoms with Gasteiger partial charge in [-0.05, 0) is 45.8 Å². The van der Waals surface area contributed by atoms with E-state index in [0.29, 0.717) is 36.2 Å². The Morgan fingerprint density at radius 1 is 1.04 bits per heavy atom. The summed E-state index contributed by atoms with van der Waals surface area (Å²) >= 11 is 3.44. The Morgan fingerprint density at radius 2 is 1.77 bits per heavy atom. The van der Waals surface area contributed by atoms with E-state index in [1.165, 1.54) is 0 Å². The number of halogens is 1. The monoisotopic (exact) mass is 418 g/mol. The lowest BCUT2D eigenvalue weighted by Gasteiger charge is -2.18. The van der Waals surface area contributed by atoms with Crippen LogP contribution in [0.4, 0.5) is 0 Å². The van der Waals surface area contributed by atoms with Crippen molar-refractivity contribution < 1.29 is 23.7 Å². The maximum atomic E-state index is 12.1. The number of nitrogens with one attached hydrogen (secondary N) is 1. The molecule has 0 saturated carbocycles. The van der Waals surface area contributed by atoms with E-state index in [9.17, 15) is 4.79 Å². The molecule has 2 aromatic carbocycles. The highest BCUT2D eigenvalue weighted by Gasteiger charge is 2.16. The van der Waals surface area contributed by atoms with Crippen molar-refractivity contribution in [2.45, 2.75) is 6.42 Å². The molecule has 0 aromatic heterocycles. The number of hydrazone groups is 1. The number of ether oxygens (including phenoxy) is 4. The van der Waals surface area contributed by atoms with E-state index in [1.807, 2.05) is 18.2 Å². The second kappa shape index (κ2) is 7.25. The Hall–Kier alpha value is -2.74. The molecule has 1 amide bonds. The summed E-state index contributed by atoms with van der Waals surface area (Å²) < 4.78 is 22.4. The number of hydrogen-bond donors (Lipinski definition) is 1. The first-order valence-corrected chi connectivity index (χ1v) is 8.78. The van der Waals surface area contributed by atoms with Crippen molar-refractivity contribution in [2.75, 3.05) is 20.0 Å². The Balaban J connectivity index is 1.37. The highest BCUT2D eigenvalue weighted by atomic mass is 79.9. The molecule has 2 aromatic rings. The van der Waals surface area contributed by atoms with Crippen molar-refractivity contribution >= 4 is 28.1 Å². The van der Waals surface area contributed by atoms with Crippen molar-refractivity contribution in [3.05, 3.63) is 45.9 Å². The highest BCUT2D eigenvalue weighted by molar-refractivity contribution is 9.10. The van der Waals surface area contributed by atoms with Crippen molar-refractivity contribution in [3.8, 4) is 23.0 Å². The van der Waals surface area contributed by atoms with Gasteiger partial charge < -0.3 is 18.9 Å². The molecule has 0 bridgehead atoms. The van der Waals surface area contributed by atoms with E-state index >= 15 is 0 Å². The molecule has 2 aliphatic heterocycles. The van der Waals surface area contributed by atoms with Crippen LogP contribution in [0.3, 0.4) is 0 Å². The van der Waals surface area contributed by atoms with Gasteiger partial charge in [0.05, 0.1) is 12.6 Å². The third kappa shape index (κ3) is 3.60. The van der Waals surface area contributed by atoms with Gasteiger partial charge in [-0.25, -0.2) is 5.43 Å². The first kappa shape index (κ1) is 16.7. The van der Waals surface area contributed by atoms with Crippen LogP contribution in [0.5, 0.6) is 23.0 Å². The Bertz CT molecular complexity index is 884. The minimum Gasteiger partial charge on any atom is -0.486 e. The maximum absolute atomic E-state index is 12.1. The normalized spacial score (nSPS) is 14.5. The fourth-order valence-electron chi connectivity index (χ4n) is 2.63. The van der Waals surface area contributed by atoms with Crippen LogP contribution in [0, 0.1) is 0 Å². The zero-order valence-corrected chi connectivity index (χ0v) is 15.2. The van der Waals surface area contributed by atoms with E-state index < -0.39 is 0 Å². The van der Waals surface area contributed by atoms with Gasteiger partial charge in [0.25, 0.3) is 0 Å². The summed E-state index contributed by atoms with van der Waals surface area (Å²) in [7, 11) is 0. The molecule has 0 unspecified atom stereocenters. The average molecular weight is 419 g/mol. The molecule has 0 radical (unpaired) electrons. The summed E-state index contributed by atoms with van der Waals surface area (Å²) in [5, 5.41) is 4.00. The topological polar surface area (TPSA) is 78.4 Å². The number of carbonyl (C=O) groups excluding carboxylic acids is 1. The molecule has 2 heterocycles. The van der Waals surface area contributed by atoms with Gasteiger partial charge in [0.2, 0.25) is 12.7 Å². The fourth-order valence-corrected chi connectivity index (χ4v) is 3.05. The molecule has 0 saturated heterocycles. The molecule has 134 valence electrons. The summed E-state index contributed by atoms with van der Waals surface area (Å²) in [6.45, 7) is 1.25. The minimum absolute atomic E-state index is 0.191. The molecular weight excluding hydrogens is 404 g/mol. The van der Waals surface area contributed by atoms with Gasteiger partial charge in [0.15, 0.2) is 23.0 Å². The number of carbonyl (C=O) groups is 1. The largest absolute Gasteiger partial charge is 0.486 e. The van der Waals surface area contributed by atoms with Crippen LogP contribution in [-0.2, 0) is 11.2 Å². The van der Waals surface area contributed by atoms with Crippen LogP contribution in [-0.4, -0.2) is 32.1 Å². The summed E-state index contributed by atoms with van der Waals surface area (Å²) in [5.41, 5.74) is 4.12. The smallest absolute Gasteiger partial charge is 0.244 e. The lowest BCUT2D eigenvalue weighted by molar-refractivity contribution is -0.120. The molecule has 0 atom stereocenters. The SMILES string of the molecule is O=C(Cc1ccc2c(c1)OCCO2)N/N=C\c1cc2c(cc1Br)OCO2. The summed E-state index contributed by atoms with van der Waals surface area (Å²) in [4.78, 5) is 12.1. The van der Waals surface area contributed by atoms with E-state index in [-0.39, 0.29) is 19.1 Å². The van der Waals surface area contributed by atoms with E-state index in [1.54, 1.807) is 18.3 Å². The Labute approximate surface area is 158 Å². The fraction of sp³-hybridized carbons (Fsp3) is 0.222. The molecule has 26 heavy (non-hydrogen) atoms. The summed E-state index contributed by atoms with van der Waals surface area (Å²) in [5.74, 6) is 2.46. The zero-order chi connectivity index (χ0) is 17.9. The number of amides is 1. The Kier molecular flexibility index (Phi) is 4.66. The van der Waals surface area contributed by atoms with Crippen LogP contribution in [0.2, 0.25) is 0 Å². The molecule has 2 aliphatic rings. The summed E-state index contributed by atoms with van der Waals surface area (Å²) in [6, 6.07) is 9.06. The van der Waals surface area contributed by atoms with Crippen molar-refractivity contribution in [1.29, 1.82) is 0 Å². The quantitative estimate of drug-likeness (QED) is 0.609. The van der Waals surface area contributed by atoms with Crippen LogP contribution in [0.15, 0.2) is 39.9 Å². The van der Waals surface area contributed by atoms with Crippen LogP contribution in [0.25, 0.3) is 0 Å². The molecule has 1 N–H and O–H groups in total. The van der Waals surface area contributed by atoms with E-state index in [0.717, 1.165) is 15.6 Å². The number of hydrogen-bond acceptors (Lipinski definition) is 6. The molecule has 0 aliphatic carbocycles. The van der Waals surface area contributed by atoms with Crippen LogP contribution in [0.1, 0.15) is 11.1 Å². The summed E-state index contributed by atoms with van der Waals surface area (Å²) in [6.07, 6.45) is 1.74. The van der Waals surface area contributed by atoms with Gasteiger partial charge in [-0.1, -0.05) is 6.07 Å². The van der Waals surface area contributed by atoms with Gasteiger partial charge in [-0.2, -0.15) is 5.10 Å². The lowest BCUT2D eigenvalue weighted by Crippen LogP contribution is -2.20. The van der Waals surface area contributed by atoms with Gasteiger partial charge in [-0.15, -0.1) is 0 Å². The predicted octanol–water partition coefficient (Wildman–Crippen LogP) is 2.64. The van der Waals surface area contributed by atoms with E-state index in [4.69, 9.17) is 18.9 Å². The number of rotatable bonds is 4. The minimum atomic E-state index is -0.227. The molecule has 8 heteroatoms. The maximum Gasteiger partial charge on any atom is 0.244 e. The lowest BCUT2D eigenvalue weighted by atomic mass is 10.1. The zero-order valence-electron chi connectivity index (χ0n) is 13.7. The highest BCUT2D eigenvalue weighted by Crippen LogP contribution is 2.36. The number of benzene rings is 2. The predicted molar refractivity (Wildman–Crippen MR) is 97.1 cm³/mol. The third-order valence-electron chi connectivity index (χ3n) is 3.86. The van der Waals surface area contributed by atoms with Gasteiger partial charge in [-0.3, -0.25) is 4.79 Å². The van der Waals surface area contributed by atoms with Crippen LogP contribution < -0.4 is 24.4 Å². The molecule has 4 rings (SSSR count). The van der Waals surface area contributed by atoms with Crippen molar-refractivity contribution in [3.63, 3.8) is 0 Å². The van der Waals surface area contributed by atoms with Crippen LogP contribution >= 0.6 is 15.9 Å². The van der Waals surface area contributed by atoms with Crippen molar-refractivity contribution in [1.82, 2.24) is 5.43 Å². The second-order valence-corrected chi connectivity index (χ2v) is 6.53.